The number of hydrogen-bond acceptors (Lipinski definition) is 5. The fourth-order valence-electron chi connectivity index (χ4n) is 3.72. The summed E-state index contributed by atoms with van der Waals surface area (Å²) in [5.41, 5.74) is -0.121. The molecule has 0 aromatic carbocycles. The Morgan fingerprint density at radius 2 is 2.04 bits per heavy atom. The Morgan fingerprint density at radius 3 is 2.57 bits per heavy atom. The number of nitrogens with zero attached hydrogens (tertiary/aromatic N) is 3. The van der Waals surface area contributed by atoms with Crippen molar-refractivity contribution in [3.05, 3.63) is 17.5 Å². The van der Waals surface area contributed by atoms with E-state index in [1.54, 1.807) is 17.9 Å². The van der Waals surface area contributed by atoms with Crippen LogP contribution < -0.4 is 0 Å². The van der Waals surface area contributed by atoms with Gasteiger partial charge in [-0.1, -0.05) is 19.0 Å². The highest BCUT2D eigenvalue weighted by Gasteiger charge is 2.54. The molecular weight excluding hydrogens is 298 g/mol. The van der Waals surface area contributed by atoms with E-state index in [1.165, 1.54) is 0 Å². The monoisotopic (exact) mass is 321 g/mol. The van der Waals surface area contributed by atoms with Crippen LogP contribution in [0.2, 0.25) is 0 Å². The quantitative estimate of drug-likeness (QED) is 0.877. The maximum absolute atomic E-state index is 12.5. The van der Waals surface area contributed by atoms with Crippen molar-refractivity contribution in [1.29, 1.82) is 0 Å². The normalized spacial score (nSPS) is 26.9. The zero-order chi connectivity index (χ0) is 16.8. The van der Waals surface area contributed by atoms with Crippen molar-refractivity contribution >= 4 is 11.8 Å². The predicted octanol–water partition coefficient (Wildman–Crippen LogP) is 0.532. The molecule has 0 radical (unpaired) electrons. The maximum Gasteiger partial charge on any atom is 0.276 e. The number of hydrogen-bond donors (Lipinski definition) is 1. The van der Waals surface area contributed by atoms with Gasteiger partial charge in [-0.3, -0.25) is 9.59 Å². The Labute approximate surface area is 135 Å². The molecule has 0 aliphatic carbocycles. The number of carbonyl (C=O) groups is 2. The van der Waals surface area contributed by atoms with Crippen molar-refractivity contribution < 1.29 is 19.2 Å². The number of amides is 2. The number of aryl methyl sites for hydroxylation is 1. The van der Waals surface area contributed by atoms with E-state index in [2.05, 4.69) is 5.16 Å². The minimum absolute atomic E-state index is 0.0266. The minimum Gasteiger partial charge on any atom is -0.396 e. The molecule has 0 unspecified atom stereocenters. The van der Waals surface area contributed by atoms with Gasteiger partial charge in [0.2, 0.25) is 5.91 Å². The van der Waals surface area contributed by atoms with Crippen LogP contribution in [0, 0.1) is 24.2 Å². The van der Waals surface area contributed by atoms with Crippen LogP contribution in [0.3, 0.4) is 0 Å². The summed E-state index contributed by atoms with van der Waals surface area (Å²) in [5, 5.41) is 13.7. The molecule has 2 atom stereocenters. The van der Waals surface area contributed by atoms with E-state index in [-0.39, 0.29) is 30.3 Å². The van der Waals surface area contributed by atoms with E-state index in [0.717, 1.165) is 0 Å². The molecule has 1 aromatic rings. The summed E-state index contributed by atoms with van der Waals surface area (Å²) in [5.74, 6) is 0.578. The second-order valence-corrected chi connectivity index (χ2v) is 7.10. The Kier molecular flexibility index (Phi) is 3.91. The van der Waals surface area contributed by atoms with E-state index in [0.29, 0.717) is 37.6 Å². The first-order chi connectivity index (χ1) is 10.9. The van der Waals surface area contributed by atoms with Gasteiger partial charge >= 0.3 is 0 Å². The zero-order valence-corrected chi connectivity index (χ0v) is 13.8. The van der Waals surface area contributed by atoms with Crippen LogP contribution in [0.1, 0.15) is 30.1 Å². The first-order valence-corrected chi connectivity index (χ1v) is 7.98. The average molecular weight is 321 g/mol. The summed E-state index contributed by atoms with van der Waals surface area (Å²) >= 11 is 0. The summed E-state index contributed by atoms with van der Waals surface area (Å²) in [6.45, 7) is 7.56. The number of carbonyl (C=O) groups excluding carboxylic acids is 2. The third kappa shape index (κ3) is 2.63. The second kappa shape index (κ2) is 5.63. The van der Waals surface area contributed by atoms with Gasteiger partial charge in [0.15, 0.2) is 5.69 Å². The predicted molar refractivity (Wildman–Crippen MR) is 81.6 cm³/mol. The van der Waals surface area contributed by atoms with Crippen LogP contribution >= 0.6 is 0 Å². The lowest BCUT2D eigenvalue weighted by Gasteiger charge is -2.27. The molecule has 2 amide bonds. The second-order valence-electron chi connectivity index (χ2n) is 7.10. The van der Waals surface area contributed by atoms with Gasteiger partial charge in [-0.15, -0.1) is 0 Å². The fraction of sp³-hybridized carbons (Fsp3) is 0.688. The molecule has 2 saturated heterocycles. The van der Waals surface area contributed by atoms with Gasteiger partial charge in [0.25, 0.3) is 5.91 Å². The van der Waals surface area contributed by atoms with Gasteiger partial charge in [0.1, 0.15) is 5.76 Å². The third-order valence-electron chi connectivity index (χ3n) is 5.01. The molecule has 23 heavy (non-hydrogen) atoms. The van der Waals surface area contributed by atoms with Crippen molar-refractivity contribution in [2.45, 2.75) is 20.8 Å². The van der Waals surface area contributed by atoms with Crippen LogP contribution in [0.25, 0.3) is 0 Å². The van der Waals surface area contributed by atoms with E-state index < -0.39 is 5.41 Å². The topological polar surface area (TPSA) is 86.9 Å². The van der Waals surface area contributed by atoms with E-state index in [4.69, 9.17) is 4.52 Å². The Balaban J connectivity index is 1.74. The van der Waals surface area contributed by atoms with Crippen LogP contribution in [0.15, 0.2) is 10.6 Å². The highest BCUT2D eigenvalue weighted by Crippen LogP contribution is 2.42. The summed E-state index contributed by atoms with van der Waals surface area (Å²) in [6.07, 6.45) is 0. The van der Waals surface area contributed by atoms with Crippen LogP contribution in [-0.2, 0) is 4.79 Å². The molecule has 7 heteroatoms. The number of likely N-dealkylation sites (tertiary alicyclic amines) is 2. The molecule has 7 nitrogen and oxygen atoms in total. The van der Waals surface area contributed by atoms with Crippen molar-refractivity contribution in [1.82, 2.24) is 15.0 Å². The maximum atomic E-state index is 12.5. The minimum atomic E-state index is -0.418. The molecule has 126 valence electrons. The smallest absolute Gasteiger partial charge is 0.276 e. The number of aliphatic hydroxyl groups excluding tert-OH is 1. The number of aromatic nitrogens is 1. The lowest BCUT2D eigenvalue weighted by molar-refractivity contribution is -0.134. The van der Waals surface area contributed by atoms with Crippen LogP contribution in [-0.4, -0.2) is 64.7 Å². The van der Waals surface area contributed by atoms with Crippen molar-refractivity contribution in [3.63, 3.8) is 0 Å². The Hall–Kier alpha value is -1.89. The third-order valence-corrected chi connectivity index (χ3v) is 5.01. The molecule has 2 aliphatic heterocycles. The Morgan fingerprint density at radius 1 is 1.39 bits per heavy atom. The summed E-state index contributed by atoms with van der Waals surface area (Å²) in [4.78, 5) is 28.3. The summed E-state index contributed by atoms with van der Waals surface area (Å²) in [7, 11) is 0. The van der Waals surface area contributed by atoms with Crippen molar-refractivity contribution in [2.24, 2.45) is 17.3 Å². The molecule has 2 fully saturated rings. The van der Waals surface area contributed by atoms with E-state index in [9.17, 15) is 14.7 Å². The molecule has 2 aliphatic rings. The molecule has 0 spiro atoms. The molecule has 0 bridgehead atoms. The summed E-state index contributed by atoms with van der Waals surface area (Å²) < 4.78 is 4.97. The zero-order valence-electron chi connectivity index (χ0n) is 13.8. The molecular formula is C16H23N3O4. The van der Waals surface area contributed by atoms with Crippen LogP contribution in [0.4, 0.5) is 0 Å². The molecule has 1 N–H and O–H groups in total. The van der Waals surface area contributed by atoms with Gasteiger partial charge in [-0.05, 0) is 6.92 Å². The molecule has 3 rings (SSSR count). The number of aliphatic hydroxyl groups is 1. The average Bonchev–Trinajstić information content (AvgIpc) is 3.17. The largest absolute Gasteiger partial charge is 0.396 e. The lowest BCUT2D eigenvalue weighted by atomic mass is 9.82. The van der Waals surface area contributed by atoms with Gasteiger partial charge < -0.3 is 19.4 Å². The number of fused-ring (bicyclic) bond motifs is 1. The van der Waals surface area contributed by atoms with Crippen molar-refractivity contribution in [2.75, 3.05) is 32.8 Å². The highest BCUT2D eigenvalue weighted by molar-refractivity contribution is 5.92. The van der Waals surface area contributed by atoms with Crippen molar-refractivity contribution in [3.8, 4) is 0 Å². The highest BCUT2D eigenvalue weighted by atomic mass is 16.5. The van der Waals surface area contributed by atoms with Crippen LogP contribution in [0.5, 0.6) is 0 Å². The fourth-order valence-corrected chi connectivity index (χ4v) is 3.72. The molecule has 0 saturated carbocycles. The molecule has 1 aromatic heterocycles. The van der Waals surface area contributed by atoms with Gasteiger partial charge in [-0.25, -0.2) is 0 Å². The van der Waals surface area contributed by atoms with Gasteiger partial charge in [0.05, 0.1) is 6.61 Å². The first-order valence-electron chi connectivity index (χ1n) is 7.98. The van der Waals surface area contributed by atoms with Gasteiger partial charge in [-0.2, -0.15) is 0 Å². The Bertz CT molecular complexity index is 627. The number of rotatable bonds is 3. The summed E-state index contributed by atoms with van der Waals surface area (Å²) in [6, 6.07) is 1.62. The molecule has 3 heterocycles. The first kappa shape index (κ1) is 16.0. The van der Waals surface area contributed by atoms with Gasteiger partial charge in [0, 0.05) is 49.5 Å². The SMILES string of the molecule is Cc1cc(C(=O)N2C[C@H]3CN(C(=O)C(C)C)C[C@@]3(CO)C2)no1. The standard InChI is InChI=1S/C16H23N3O4/c1-10(2)14(21)18-5-12-6-19(8-16(12,7-18)9-20)15(22)13-4-11(3)23-17-13/h4,10,12,20H,5-9H2,1-3H3/t12-,16+/m1/s1. The van der Waals surface area contributed by atoms with E-state index >= 15 is 0 Å². The lowest BCUT2D eigenvalue weighted by Crippen LogP contribution is -2.41. The van der Waals surface area contributed by atoms with E-state index in [1.807, 2.05) is 18.7 Å².